The molecule has 2 aliphatic heterocycles. The summed E-state index contributed by atoms with van der Waals surface area (Å²) in [4.78, 5) is 30.4. The Hall–Kier alpha value is -2.97. The van der Waals surface area contributed by atoms with Gasteiger partial charge in [-0.15, -0.1) is 11.3 Å². The molecule has 6 nitrogen and oxygen atoms in total. The molecule has 0 bridgehead atoms. The third-order valence-corrected chi connectivity index (χ3v) is 7.80. The minimum atomic E-state index is -0.307. The van der Waals surface area contributed by atoms with Crippen LogP contribution < -0.4 is 9.80 Å². The van der Waals surface area contributed by atoms with E-state index in [0.29, 0.717) is 19.3 Å². The van der Waals surface area contributed by atoms with Gasteiger partial charge < -0.3 is 9.64 Å². The maximum Gasteiger partial charge on any atom is 0.307 e. The summed E-state index contributed by atoms with van der Waals surface area (Å²) in [6.07, 6.45) is 2.31. The highest BCUT2D eigenvalue weighted by Gasteiger charge is 2.26. The first-order valence-electron chi connectivity index (χ1n) is 12.2. The van der Waals surface area contributed by atoms with E-state index < -0.39 is 0 Å². The quantitative estimate of drug-likeness (QED) is 0.449. The molecule has 1 fully saturated rings. The smallest absolute Gasteiger partial charge is 0.307 e. The van der Waals surface area contributed by atoms with Gasteiger partial charge in [-0.25, -0.2) is 4.39 Å². The summed E-state index contributed by atoms with van der Waals surface area (Å²) in [6.45, 7) is 6.21. The van der Waals surface area contributed by atoms with Crippen LogP contribution in [-0.4, -0.2) is 56.2 Å². The van der Waals surface area contributed by atoms with Crippen molar-refractivity contribution >= 4 is 44.7 Å². The van der Waals surface area contributed by atoms with Gasteiger partial charge >= 0.3 is 5.97 Å². The number of amides is 1. The first kappa shape index (κ1) is 23.8. The minimum absolute atomic E-state index is 0.00764. The summed E-state index contributed by atoms with van der Waals surface area (Å²) in [5, 5.41) is 3.15. The van der Waals surface area contributed by atoms with Gasteiger partial charge in [-0.1, -0.05) is 19.1 Å². The minimum Gasteiger partial charge on any atom is -0.444 e. The van der Waals surface area contributed by atoms with Crippen molar-refractivity contribution in [2.45, 2.75) is 32.6 Å². The van der Waals surface area contributed by atoms with Gasteiger partial charge in [0.05, 0.1) is 5.69 Å². The zero-order chi connectivity index (χ0) is 24.4. The first-order chi connectivity index (χ1) is 17.0. The molecule has 1 saturated heterocycles. The summed E-state index contributed by atoms with van der Waals surface area (Å²) in [5.41, 5.74) is 4.13. The third kappa shape index (κ3) is 5.18. The van der Waals surface area contributed by atoms with E-state index in [-0.39, 0.29) is 24.4 Å². The first-order valence-corrected chi connectivity index (χ1v) is 13.1. The number of rotatable bonds is 7. The molecule has 3 aromatic rings. The maximum absolute atomic E-state index is 14.1. The Labute approximate surface area is 208 Å². The molecule has 0 spiro atoms. The van der Waals surface area contributed by atoms with Gasteiger partial charge in [-0.3, -0.25) is 19.4 Å². The highest BCUT2D eigenvalue weighted by molar-refractivity contribution is 7.17. The fourth-order valence-electron chi connectivity index (χ4n) is 4.90. The number of fused-ring (bicyclic) bond motifs is 2. The molecule has 0 radical (unpaired) electrons. The van der Waals surface area contributed by atoms with Gasteiger partial charge in [-0.05, 0) is 53.6 Å². The third-order valence-electron chi connectivity index (χ3n) is 6.94. The number of carbonyl (C=O) groups excluding carboxylic acids is 2. The van der Waals surface area contributed by atoms with Crippen LogP contribution in [0.15, 0.2) is 41.8 Å². The number of nitrogens with zero attached hydrogens (tertiary/aromatic N) is 3. The standard InChI is InChI=1S/C27H30FN3O3S/c1-2-27(33)34-18-31-23-15-19(3-4-20(23)5-6-26(31)32)7-9-29-10-12-30(13-11-29)24-16-21(28)17-25-22(24)8-14-35-25/h3-4,8,14-17H,2,5-7,9-13,18H2,1H3. The number of thiophene rings is 1. The molecule has 0 atom stereocenters. The Bertz CT molecular complexity index is 1240. The number of benzene rings is 2. The molecule has 5 rings (SSSR count). The van der Waals surface area contributed by atoms with Gasteiger partial charge in [0.25, 0.3) is 0 Å². The van der Waals surface area contributed by atoms with E-state index in [1.165, 1.54) is 0 Å². The van der Waals surface area contributed by atoms with Crippen LogP contribution in [0.4, 0.5) is 15.8 Å². The maximum atomic E-state index is 14.1. The summed E-state index contributed by atoms with van der Waals surface area (Å²) in [5.74, 6) is -0.494. The Morgan fingerprint density at radius 3 is 2.69 bits per heavy atom. The number of esters is 1. The second-order valence-electron chi connectivity index (χ2n) is 9.12. The van der Waals surface area contributed by atoms with E-state index in [9.17, 15) is 14.0 Å². The van der Waals surface area contributed by atoms with E-state index in [2.05, 4.69) is 34.1 Å². The Kier molecular flexibility index (Phi) is 7.02. The fraction of sp³-hybridized carbons (Fsp3) is 0.407. The highest BCUT2D eigenvalue weighted by atomic mass is 32.1. The second-order valence-corrected chi connectivity index (χ2v) is 10.1. The molecular weight excluding hydrogens is 465 g/mol. The van der Waals surface area contributed by atoms with E-state index >= 15 is 0 Å². The van der Waals surface area contributed by atoms with Crippen LogP contribution in [0.25, 0.3) is 10.1 Å². The molecule has 2 aromatic carbocycles. The van der Waals surface area contributed by atoms with Crippen molar-refractivity contribution in [3.05, 3.63) is 58.7 Å². The second kappa shape index (κ2) is 10.3. The molecular formula is C27H30FN3O3S. The molecule has 2 aliphatic rings. The molecule has 0 aliphatic carbocycles. The average molecular weight is 496 g/mol. The number of piperazine rings is 1. The number of hydrogen-bond acceptors (Lipinski definition) is 6. The summed E-state index contributed by atoms with van der Waals surface area (Å²) in [7, 11) is 0. The Balaban J connectivity index is 1.20. The molecule has 8 heteroatoms. The van der Waals surface area contributed by atoms with E-state index in [1.54, 1.807) is 35.3 Å². The lowest BCUT2D eigenvalue weighted by Crippen LogP contribution is -2.47. The Morgan fingerprint density at radius 1 is 1.06 bits per heavy atom. The van der Waals surface area contributed by atoms with Crippen LogP contribution in [0.2, 0.25) is 0 Å². The van der Waals surface area contributed by atoms with E-state index in [1.807, 2.05) is 5.38 Å². The van der Waals surface area contributed by atoms with Crippen molar-refractivity contribution in [1.29, 1.82) is 0 Å². The van der Waals surface area contributed by atoms with Gasteiger partial charge in [0.15, 0.2) is 6.73 Å². The normalized spacial score (nSPS) is 16.6. The molecule has 1 aromatic heterocycles. The molecule has 35 heavy (non-hydrogen) atoms. The van der Waals surface area contributed by atoms with Crippen LogP contribution in [-0.2, 0) is 27.2 Å². The number of ether oxygens (including phenoxy) is 1. The lowest BCUT2D eigenvalue weighted by atomic mass is 9.98. The van der Waals surface area contributed by atoms with Crippen LogP contribution in [0.3, 0.4) is 0 Å². The zero-order valence-corrected chi connectivity index (χ0v) is 20.8. The fourth-order valence-corrected chi connectivity index (χ4v) is 5.73. The number of carbonyl (C=O) groups is 2. The van der Waals surface area contributed by atoms with Crippen molar-refractivity contribution in [2.24, 2.45) is 0 Å². The number of hydrogen-bond donors (Lipinski definition) is 0. The summed E-state index contributed by atoms with van der Waals surface area (Å²) < 4.78 is 20.4. The SMILES string of the molecule is CCC(=O)OCN1C(=O)CCc2ccc(CCN3CCN(c4cc(F)cc5sccc45)CC3)cc21. The van der Waals surface area contributed by atoms with Gasteiger partial charge in [0.2, 0.25) is 5.91 Å². The molecule has 184 valence electrons. The van der Waals surface area contributed by atoms with Crippen LogP contribution in [0.1, 0.15) is 30.9 Å². The van der Waals surface area contributed by atoms with Gasteiger partial charge in [-0.2, -0.15) is 0 Å². The predicted molar refractivity (Wildman–Crippen MR) is 138 cm³/mol. The number of halogens is 1. The van der Waals surface area contributed by atoms with Gasteiger partial charge in [0, 0.05) is 61.3 Å². The topological polar surface area (TPSA) is 53.1 Å². The molecule has 1 amide bonds. The van der Waals surface area contributed by atoms with Crippen LogP contribution in [0.5, 0.6) is 0 Å². The lowest BCUT2D eigenvalue weighted by molar-refractivity contribution is -0.143. The molecule has 0 N–H and O–H groups in total. The number of aryl methyl sites for hydroxylation is 1. The average Bonchev–Trinajstić information content (AvgIpc) is 3.35. The summed E-state index contributed by atoms with van der Waals surface area (Å²) in [6, 6.07) is 11.7. The van der Waals surface area contributed by atoms with Crippen LogP contribution in [0, 0.1) is 5.82 Å². The van der Waals surface area contributed by atoms with Crippen molar-refractivity contribution in [3.63, 3.8) is 0 Å². The van der Waals surface area contributed by atoms with E-state index in [0.717, 1.165) is 71.7 Å². The molecule has 0 saturated carbocycles. The number of anilines is 2. The monoisotopic (exact) mass is 495 g/mol. The lowest BCUT2D eigenvalue weighted by Gasteiger charge is -2.36. The summed E-state index contributed by atoms with van der Waals surface area (Å²) >= 11 is 1.58. The van der Waals surface area contributed by atoms with Crippen LogP contribution >= 0.6 is 11.3 Å². The van der Waals surface area contributed by atoms with Crippen molar-refractivity contribution in [2.75, 3.05) is 49.3 Å². The largest absolute Gasteiger partial charge is 0.444 e. The van der Waals surface area contributed by atoms with Gasteiger partial charge in [0.1, 0.15) is 5.82 Å². The predicted octanol–water partition coefficient (Wildman–Crippen LogP) is 4.60. The Morgan fingerprint density at radius 2 is 1.89 bits per heavy atom. The van der Waals surface area contributed by atoms with E-state index in [4.69, 9.17) is 4.74 Å². The van der Waals surface area contributed by atoms with Crippen molar-refractivity contribution in [1.82, 2.24) is 4.90 Å². The molecule has 3 heterocycles. The highest BCUT2D eigenvalue weighted by Crippen LogP contribution is 2.33. The van der Waals surface area contributed by atoms with Crippen molar-refractivity contribution in [3.8, 4) is 0 Å². The molecule has 0 unspecified atom stereocenters. The van der Waals surface area contributed by atoms with Crippen molar-refractivity contribution < 1.29 is 18.7 Å². The zero-order valence-electron chi connectivity index (χ0n) is 20.0.